The van der Waals surface area contributed by atoms with E-state index in [4.69, 9.17) is 5.26 Å². The molecule has 2 nitrogen and oxygen atoms in total. The van der Waals surface area contributed by atoms with Gasteiger partial charge in [0.15, 0.2) is 0 Å². The van der Waals surface area contributed by atoms with Crippen molar-refractivity contribution in [3.05, 3.63) is 28.8 Å². The molecule has 0 aliphatic rings. The molecule has 2 heteroatoms. The van der Waals surface area contributed by atoms with E-state index in [-0.39, 0.29) is 0 Å². The maximum absolute atomic E-state index is 8.93. The molecule has 80 valence electrons. The minimum atomic E-state index is 0.786. The van der Waals surface area contributed by atoms with Gasteiger partial charge in [0.25, 0.3) is 0 Å². The summed E-state index contributed by atoms with van der Waals surface area (Å²) in [6.45, 7) is 7.28. The highest BCUT2D eigenvalue weighted by molar-refractivity contribution is 5.59. The number of rotatable bonds is 4. The first-order valence-corrected chi connectivity index (χ1v) is 5.51. The van der Waals surface area contributed by atoms with E-state index in [0.717, 1.165) is 30.5 Å². The third kappa shape index (κ3) is 2.50. The second-order valence-electron chi connectivity index (χ2n) is 3.66. The van der Waals surface area contributed by atoms with Crippen LogP contribution in [0.4, 0.5) is 5.69 Å². The fraction of sp³-hybridized carbons (Fsp3) is 0.462. The number of nitrogens with zero attached hydrogens (tertiary/aromatic N) is 1. The Hall–Kier alpha value is -1.49. The van der Waals surface area contributed by atoms with Crippen molar-refractivity contribution in [2.24, 2.45) is 0 Å². The van der Waals surface area contributed by atoms with E-state index in [9.17, 15) is 0 Å². The van der Waals surface area contributed by atoms with E-state index >= 15 is 0 Å². The first-order chi connectivity index (χ1) is 7.24. The highest BCUT2D eigenvalue weighted by Crippen LogP contribution is 2.23. The van der Waals surface area contributed by atoms with Crippen molar-refractivity contribution in [2.75, 3.05) is 11.9 Å². The van der Waals surface area contributed by atoms with Crippen LogP contribution in [0.15, 0.2) is 12.1 Å². The lowest BCUT2D eigenvalue weighted by atomic mass is 9.99. The smallest absolute Gasteiger partial charge is 0.0994 e. The van der Waals surface area contributed by atoms with Gasteiger partial charge in [0.05, 0.1) is 11.6 Å². The molecule has 0 aliphatic carbocycles. The van der Waals surface area contributed by atoms with Gasteiger partial charge in [0.2, 0.25) is 0 Å². The lowest BCUT2D eigenvalue weighted by molar-refractivity contribution is 0.970. The first-order valence-electron chi connectivity index (χ1n) is 5.51. The topological polar surface area (TPSA) is 35.8 Å². The van der Waals surface area contributed by atoms with Crippen LogP contribution in [0.5, 0.6) is 0 Å². The summed E-state index contributed by atoms with van der Waals surface area (Å²) in [6.07, 6.45) is 2.08. The predicted molar refractivity (Wildman–Crippen MR) is 64.1 cm³/mol. The van der Waals surface area contributed by atoms with Gasteiger partial charge in [-0.05, 0) is 43.0 Å². The molecule has 0 aliphatic heterocycles. The van der Waals surface area contributed by atoms with Gasteiger partial charge >= 0.3 is 0 Å². The number of nitrogens with one attached hydrogen (secondary N) is 1. The molecule has 0 fully saturated rings. The molecule has 1 aromatic rings. The van der Waals surface area contributed by atoms with Gasteiger partial charge in [-0.2, -0.15) is 5.26 Å². The molecule has 0 atom stereocenters. The molecule has 0 bridgehead atoms. The van der Waals surface area contributed by atoms with E-state index in [1.165, 1.54) is 11.3 Å². The fourth-order valence-corrected chi connectivity index (χ4v) is 1.76. The summed E-state index contributed by atoms with van der Waals surface area (Å²) in [7, 11) is 0. The predicted octanol–water partition coefficient (Wildman–Crippen LogP) is 3.25. The van der Waals surface area contributed by atoms with Crippen molar-refractivity contribution in [3.63, 3.8) is 0 Å². The quantitative estimate of drug-likeness (QED) is 0.813. The minimum Gasteiger partial charge on any atom is -0.385 e. The molecule has 15 heavy (non-hydrogen) atoms. The average Bonchev–Trinajstić information content (AvgIpc) is 2.26. The number of anilines is 1. The third-order valence-electron chi connectivity index (χ3n) is 2.64. The van der Waals surface area contributed by atoms with Crippen molar-refractivity contribution in [1.29, 1.82) is 5.26 Å². The zero-order valence-corrected chi connectivity index (χ0v) is 9.72. The Kier molecular flexibility index (Phi) is 4.17. The molecule has 0 unspecified atom stereocenters. The third-order valence-corrected chi connectivity index (χ3v) is 2.64. The summed E-state index contributed by atoms with van der Waals surface area (Å²) in [6, 6.07) is 6.13. The maximum atomic E-state index is 8.93. The van der Waals surface area contributed by atoms with Crippen LogP contribution in [0.3, 0.4) is 0 Å². The summed E-state index contributed by atoms with van der Waals surface area (Å²) in [4.78, 5) is 0. The van der Waals surface area contributed by atoms with E-state index in [1.807, 2.05) is 19.1 Å². The van der Waals surface area contributed by atoms with Gasteiger partial charge in [-0.1, -0.05) is 13.8 Å². The van der Waals surface area contributed by atoms with E-state index in [1.54, 1.807) is 0 Å². The summed E-state index contributed by atoms with van der Waals surface area (Å²) in [5, 5.41) is 12.3. The number of hydrogen-bond acceptors (Lipinski definition) is 2. The molecule has 1 rings (SSSR count). The van der Waals surface area contributed by atoms with Crippen LogP contribution in [0.1, 0.15) is 37.0 Å². The van der Waals surface area contributed by atoms with E-state index in [0.29, 0.717) is 0 Å². The molecule has 0 aromatic heterocycles. The van der Waals surface area contributed by atoms with Crippen LogP contribution in [0.2, 0.25) is 0 Å². The molecule has 1 aromatic carbocycles. The van der Waals surface area contributed by atoms with Crippen LogP contribution in [-0.4, -0.2) is 6.54 Å². The Morgan fingerprint density at radius 3 is 2.60 bits per heavy atom. The SMILES string of the molecule is CCCNc1ccc(C#N)c(C)c1CC. The van der Waals surface area contributed by atoms with E-state index < -0.39 is 0 Å². The summed E-state index contributed by atoms with van der Waals surface area (Å²) < 4.78 is 0. The van der Waals surface area contributed by atoms with Gasteiger partial charge in [0, 0.05) is 12.2 Å². The van der Waals surface area contributed by atoms with Crippen LogP contribution < -0.4 is 5.32 Å². The molecule has 0 saturated carbocycles. The van der Waals surface area contributed by atoms with Gasteiger partial charge in [-0.15, -0.1) is 0 Å². The second kappa shape index (κ2) is 5.41. The van der Waals surface area contributed by atoms with Crippen LogP contribution in [-0.2, 0) is 6.42 Å². The Morgan fingerprint density at radius 1 is 1.33 bits per heavy atom. The Balaban J connectivity index is 3.08. The normalized spacial score (nSPS) is 9.73. The average molecular weight is 202 g/mol. The van der Waals surface area contributed by atoms with Crippen molar-refractivity contribution < 1.29 is 0 Å². The fourth-order valence-electron chi connectivity index (χ4n) is 1.76. The lowest BCUT2D eigenvalue weighted by Crippen LogP contribution is -2.04. The zero-order chi connectivity index (χ0) is 11.3. The summed E-state index contributed by atoms with van der Waals surface area (Å²) in [5.41, 5.74) is 4.34. The van der Waals surface area contributed by atoms with Gasteiger partial charge in [-0.3, -0.25) is 0 Å². The second-order valence-corrected chi connectivity index (χ2v) is 3.66. The zero-order valence-electron chi connectivity index (χ0n) is 9.72. The molecular weight excluding hydrogens is 184 g/mol. The lowest BCUT2D eigenvalue weighted by Gasteiger charge is -2.13. The number of hydrogen-bond donors (Lipinski definition) is 1. The van der Waals surface area contributed by atoms with E-state index in [2.05, 4.69) is 25.2 Å². The van der Waals surface area contributed by atoms with Crippen LogP contribution in [0.25, 0.3) is 0 Å². The van der Waals surface area contributed by atoms with Gasteiger partial charge in [-0.25, -0.2) is 0 Å². The first kappa shape index (κ1) is 11.6. The van der Waals surface area contributed by atoms with Crippen LogP contribution in [0, 0.1) is 18.3 Å². The molecule has 0 spiro atoms. The maximum Gasteiger partial charge on any atom is 0.0994 e. The Labute approximate surface area is 91.9 Å². The van der Waals surface area contributed by atoms with Crippen molar-refractivity contribution in [1.82, 2.24) is 0 Å². The highest BCUT2D eigenvalue weighted by atomic mass is 14.9. The number of benzene rings is 1. The monoisotopic (exact) mass is 202 g/mol. The standard InChI is InChI=1S/C13H18N2/c1-4-8-15-13-7-6-11(9-14)10(3)12(13)5-2/h6-7,15H,4-5,8H2,1-3H3. The Morgan fingerprint density at radius 2 is 2.07 bits per heavy atom. The molecule has 0 heterocycles. The molecule has 1 N–H and O–H groups in total. The molecule has 0 radical (unpaired) electrons. The summed E-state index contributed by atoms with van der Waals surface area (Å²) >= 11 is 0. The minimum absolute atomic E-state index is 0.786. The molecule has 0 saturated heterocycles. The van der Waals surface area contributed by atoms with Crippen molar-refractivity contribution >= 4 is 5.69 Å². The van der Waals surface area contributed by atoms with Crippen LogP contribution >= 0.6 is 0 Å². The molecular formula is C13H18N2. The molecule has 0 amide bonds. The van der Waals surface area contributed by atoms with Gasteiger partial charge < -0.3 is 5.32 Å². The van der Waals surface area contributed by atoms with Gasteiger partial charge in [0.1, 0.15) is 0 Å². The largest absolute Gasteiger partial charge is 0.385 e. The van der Waals surface area contributed by atoms with Crippen molar-refractivity contribution in [3.8, 4) is 6.07 Å². The highest BCUT2D eigenvalue weighted by Gasteiger charge is 2.07. The van der Waals surface area contributed by atoms with Crippen molar-refractivity contribution in [2.45, 2.75) is 33.6 Å². The Bertz CT molecular complexity index is 375. The number of nitriles is 1. The summed E-state index contributed by atoms with van der Waals surface area (Å²) in [5.74, 6) is 0.